The van der Waals surface area contributed by atoms with Crippen LogP contribution in [0.25, 0.3) is 0 Å². The van der Waals surface area contributed by atoms with Gasteiger partial charge in [-0.15, -0.1) is 0 Å². The minimum absolute atomic E-state index is 0.0880. The van der Waals surface area contributed by atoms with Crippen LogP contribution in [0.2, 0.25) is 0 Å². The number of hydrogen-bond acceptors (Lipinski definition) is 2. The number of carboxylic acid groups (broad SMARTS) is 1. The van der Waals surface area contributed by atoms with Crippen molar-refractivity contribution < 1.29 is 14.1 Å². The molecule has 0 bridgehead atoms. The maximum atomic E-state index is 12.0. The smallest absolute Gasteiger partial charge is 0.319 e. The van der Waals surface area contributed by atoms with Gasteiger partial charge in [-0.25, -0.2) is 0 Å². The fraction of sp³-hybridized carbons (Fsp3) is 0.533. The molecule has 2 atom stereocenters. The molecular weight excluding hydrogens is 260 g/mol. The van der Waals surface area contributed by atoms with Gasteiger partial charge in [0.25, 0.3) is 0 Å². The lowest BCUT2D eigenvalue weighted by molar-refractivity contribution is -0.136. The van der Waals surface area contributed by atoms with Crippen molar-refractivity contribution in [2.75, 3.05) is 0 Å². The molecule has 0 saturated carbocycles. The highest BCUT2D eigenvalue weighted by atomic mass is 32.2. The van der Waals surface area contributed by atoms with Crippen molar-refractivity contribution in [3.05, 3.63) is 35.4 Å². The minimum atomic E-state index is -1.37. The fourth-order valence-corrected chi connectivity index (χ4v) is 3.16. The van der Waals surface area contributed by atoms with Gasteiger partial charge in [0, 0.05) is 16.6 Å². The molecule has 0 radical (unpaired) electrons. The Hall–Kier alpha value is -1.16. The molecule has 0 spiro atoms. The first-order valence-corrected chi connectivity index (χ1v) is 7.83. The summed E-state index contributed by atoms with van der Waals surface area (Å²) < 4.78 is 12.0. The summed E-state index contributed by atoms with van der Waals surface area (Å²) in [4.78, 5) is 11.0. The molecule has 1 aromatic carbocycles. The van der Waals surface area contributed by atoms with Gasteiger partial charge >= 0.3 is 5.97 Å². The van der Waals surface area contributed by atoms with E-state index in [0.29, 0.717) is 12.2 Å². The first-order chi connectivity index (χ1) is 8.75. The van der Waals surface area contributed by atoms with Crippen LogP contribution in [0, 0.1) is 0 Å². The quantitative estimate of drug-likeness (QED) is 0.903. The second-order valence-corrected chi connectivity index (χ2v) is 7.33. The van der Waals surface area contributed by atoms with Gasteiger partial charge in [-0.05, 0) is 23.0 Å². The van der Waals surface area contributed by atoms with Crippen molar-refractivity contribution in [2.24, 2.45) is 0 Å². The number of hydrogen-bond donors (Lipinski definition) is 1. The summed E-state index contributed by atoms with van der Waals surface area (Å²) in [6.45, 7) is 8.16. The molecule has 0 heterocycles. The van der Waals surface area contributed by atoms with E-state index < -0.39 is 22.0 Å². The first kappa shape index (κ1) is 15.9. The summed E-state index contributed by atoms with van der Waals surface area (Å²) in [5.41, 5.74) is 2.23. The molecule has 1 N–H and O–H groups in total. The van der Waals surface area contributed by atoms with Crippen molar-refractivity contribution in [1.82, 2.24) is 0 Å². The van der Waals surface area contributed by atoms with Crippen LogP contribution >= 0.6 is 0 Å². The molecule has 0 aliphatic heterocycles. The average Bonchev–Trinajstić information content (AvgIpc) is 2.28. The van der Waals surface area contributed by atoms with E-state index >= 15 is 0 Å². The highest BCUT2D eigenvalue weighted by molar-refractivity contribution is 7.85. The SMILES string of the molecule is CCC(C(=O)O)S(=O)Cc1ccc(C(C)(C)C)cc1. The Kier molecular flexibility index (Phi) is 5.29. The number of carboxylic acids is 1. The van der Waals surface area contributed by atoms with E-state index in [-0.39, 0.29) is 5.41 Å². The molecular formula is C15H22O3S. The van der Waals surface area contributed by atoms with Crippen molar-refractivity contribution in [3.8, 4) is 0 Å². The van der Waals surface area contributed by atoms with Crippen LogP contribution < -0.4 is 0 Å². The number of rotatable bonds is 5. The van der Waals surface area contributed by atoms with E-state index in [1.54, 1.807) is 6.92 Å². The highest BCUT2D eigenvalue weighted by Gasteiger charge is 2.22. The molecule has 0 aliphatic rings. The molecule has 19 heavy (non-hydrogen) atoms. The van der Waals surface area contributed by atoms with Crippen LogP contribution in [0.3, 0.4) is 0 Å². The highest BCUT2D eigenvalue weighted by Crippen LogP contribution is 2.22. The Morgan fingerprint density at radius 1 is 1.26 bits per heavy atom. The molecule has 1 rings (SSSR count). The summed E-state index contributed by atoms with van der Waals surface area (Å²) in [6.07, 6.45) is 0.391. The van der Waals surface area contributed by atoms with Crippen LogP contribution in [0.5, 0.6) is 0 Å². The number of benzene rings is 1. The minimum Gasteiger partial charge on any atom is -0.480 e. The van der Waals surface area contributed by atoms with E-state index in [9.17, 15) is 9.00 Å². The lowest BCUT2D eigenvalue weighted by Gasteiger charge is -2.19. The topological polar surface area (TPSA) is 54.4 Å². The van der Waals surface area contributed by atoms with Gasteiger partial charge in [-0.3, -0.25) is 9.00 Å². The first-order valence-electron chi connectivity index (χ1n) is 6.45. The predicted octanol–water partition coefficient (Wildman–Crippen LogP) is 3.10. The standard InChI is InChI=1S/C15H22O3S/c1-5-13(14(16)17)19(18)10-11-6-8-12(9-7-11)15(2,3)4/h6-9,13H,5,10H2,1-4H3,(H,16,17). The van der Waals surface area contributed by atoms with Gasteiger partial charge in [0.1, 0.15) is 5.25 Å². The summed E-state index contributed by atoms with van der Waals surface area (Å²) in [5.74, 6) is -0.679. The molecule has 106 valence electrons. The number of aliphatic carboxylic acids is 1. The largest absolute Gasteiger partial charge is 0.480 e. The average molecular weight is 282 g/mol. The molecule has 4 heteroatoms. The Bertz CT molecular complexity index is 457. The van der Waals surface area contributed by atoms with Gasteiger partial charge in [-0.2, -0.15) is 0 Å². The molecule has 1 aromatic rings. The molecule has 2 unspecified atom stereocenters. The molecule has 0 aromatic heterocycles. The van der Waals surface area contributed by atoms with Crippen LogP contribution in [0.15, 0.2) is 24.3 Å². The second-order valence-electron chi connectivity index (χ2n) is 5.71. The monoisotopic (exact) mass is 282 g/mol. The van der Waals surface area contributed by atoms with E-state index in [1.807, 2.05) is 24.3 Å². The lowest BCUT2D eigenvalue weighted by atomic mass is 9.87. The molecule has 0 amide bonds. The van der Waals surface area contributed by atoms with Crippen molar-refractivity contribution >= 4 is 16.8 Å². The number of carbonyl (C=O) groups is 1. The molecule has 3 nitrogen and oxygen atoms in total. The summed E-state index contributed by atoms with van der Waals surface area (Å²) in [6, 6.07) is 7.92. The van der Waals surface area contributed by atoms with Crippen molar-refractivity contribution in [3.63, 3.8) is 0 Å². The Morgan fingerprint density at radius 2 is 1.79 bits per heavy atom. The van der Waals surface area contributed by atoms with Gasteiger partial charge in [0.2, 0.25) is 0 Å². The molecule has 0 aliphatic carbocycles. The van der Waals surface area contributed by atoms with E-state index in [0.717, 1.165) is 5.56 Å². The van der Waals surface area contributed by atoms with Crippen molar-refractivity contribution in [2.45, 2.75) is 50.5 Å². The third kappa shape index (κ3) is 4.46. The van der Waals surface area contributed by atoms with Gasteiger partial charge < -0.3 is 5.11 Å². The van der Waals surface area contributed by atoms with Gasteiger partial charge in [0.15, 0.2) is 0 Å². The Morgan fingerprint density at radius 3 is 2.16 bits per heavy atom. The third-order valence-electron chi connectivity index (χ3n) is 3.09. The van der Waals surface area contributed by atoms with Crippen LogP contribution in [-0.4, -0.2) is 20.5 Å². The van der Waals surface area contributed by atoms with E-state index in [4.69, 9.17) is 5.11 Å². The lowest BCUT2D eigenvalue weighted by Crippen LogP contribution is -2.25. The zero-order valence-electron chi connectivity index (χ0n) is 12.0. The fourth-order valence-electron chi connectivity index (χ4n) is 1.84. The normalized spacial score (nSPS) is 14.9. The molecule has 0 fully saturated rings. The van der Waals surface area contributed by atoms with Gasteiger partial charge in [0.05, 0.1) is 0 Å². The van der Waals surface area contributed by atoms with E-state index in [1.165, 1.54) is 5.56 Å². The Balaban J connectivity index is 2.78. The third-order valence-corrected chi connectivity index (χ3v) is 4.88. The second kappa shape index (κ2) is 6.33. The zero-order chi connectivity index (χ0) is 14.6. The predicted molar refractivity (Wildman–Crippen MR) is 78.7 cm³/mol. The molecule has 0 saturated heterocycles. The summed E-state index contributed by atoms with van der Waals surface area (Å²) in [5, 5.41) is 8.20. The van der Waals surface area contributed by atoms with Crippen LogP contribution in [0.4, 0.5) is 0 Å². The summed E-state index contributed by atoms with van der Waals surface area (Å²) >= 11 is 0. The van der Waals surface area contributed by atoms with Crippen LogP contribution in [-0.2, 0) is 26.8 Å². The Labute approximate surface area is 117 Å². The maximum Gasteiger partial charge on any atom is 0.319 e. The van der Waals surface area contributed by atoms with Gasteiger partial charge in [-0.1, -0.05) is 52.0 Å². The van der Waals surface area contributed by atoms with E-state index in [2.05, 4.69) is 20.8 Å². The van der Waals surface area contributed by atoms with Crippen molar-refractivity contribution in [1.29, 1.82) is 0 Å². The summed E-state index contributed by atoms with van der Waals surface area (Å²) in [7, 11) is -1.37. The maximum absolute atomic E-state index is 12.0. The van der Waals surface area contributed by atoms with Crippen LogP contribution in [0.1, 0.15) is 45.2 Å². The zero-order valence-corrected chi connectivity index (χ0v) is 12.8.